The van der Waals surface area contributed by atoms with Gasteiger partial charge in [0.15, 0.2) is 0 Å². The predicted octanol–water partition coefficient (Wildman–Crippen LogP) is 4.64. The maximum absolute atomic E-state index is 12.4. The van der Waals surface area contributed by atoms with Gasteiger partial charge in [-0.15, -0.1) is 11.3 Å². The van der Waals surface area contributed by atoms with Gasteiger partial charge in [-0.1, -0.05) is 18.2 Å². The Balaban J connectivity index is 1.90. The van der Waals surface area contributed by atoms with Crippen LogP contribution >= 0.6 is 27.3 Å². The van der Waals surface area contributed by atoms with Gasteiger partial charge in [-0.05, 0) is 59.3 Å². The summed E-state index contributed by atoms with van der Waals surface area (Å²) in [6.45, 7) is 0. The summed E-state index contributed by atoms with van der Waals surface area (Å²) in [5, 5.41) is 2.97. The first-order valence-electron chi connectivity index (χ1n) is 6.42. The van der Waals surface area contributed by atoms with Crippen molar-refractivity contribution in [3.05, 3.63) is 50.1 Å². The fourth-order valence-electron chi connectivity index (χ4n) is 2.47. The summed E-state index contributed by atoms with van der Waals surface area (Å²) in [7, 11) is 0. The zero-order valence-corrected chi connectivity index (χ0v) is 12.8. The Bertz CT molecular complexity index is 606. The minimum atomic E-state index is -0.00234. The highest BCUT2D eigenvalue weighted by Crippen LogP contribution is 2.38. The normalized spacial score (nSPS) is 13.9. The zero-order valence-electron chi connectivity index (χ0n) is 10.4. The van der Waals surface area contributed by atoms with Crippen LogP contribution in [0.2, 0.25) is 0 Å². The molecular formula is C15H14BrNOS. The molecule has 1 aliphatic rings. The summed E-state index contributed by atoms with van der Waals surface area (Å²) >= 11 is 5.26. The number of carbonyl (C=O) groups is 1. The van der Waals surface area contributed by atoms with Gasteiger partial charge in [0.1, 0.15) is 0 Å². The van der Waals surface area contributed by atoms with Crippen molar-refractivity contribution in [2.45, 2.75) is 25.7 Å². The monoisotopic (exact) mass is 335 g/mol. The highest BCUT2D eigenvalue weighted by Gasteiger charge is 2.24. The molecular weight excluding hydrogens is 322 g/mol. The van der Waals surface area contributed by atoms with Crippen molar-refractivity contribution >= 4 is 38.9 Å². The van der Waals surface area contributed by atoms with E-state index in [2.05, 4.69) is 21.2 Å². The number of fused-ring (bicyclic) bond motifs is 1. The van der Waals surface area contributed by atoms with Crippen molar-refractivity contribution < 1.29 is 4.79 Å². The lowest BCUT2D eigenvalue weighted by Crippen LogP contribution is -2.15. The van der Waals surface area contributed by atoms with Gasteiger partial charge in [0.05, 0.1) is 9.35 Å². The Kier molecular flexibility index (Phi) is 3.71. The molecule has 0 fully saturated rings. The molecule has 0 unspecified atom stereocenters. The lowest BCUT2D eigenvalue weighted by Gasteiger charge is -2.12. The third kappa shape index (κ3) is 2.60. The molecule has 2 aromatic rings. The largest absolute Gasteiger partial charge is 0.322 e. The topological polar surface area (TPSA) is 29.1 Å². The van der Waals surface area contributed by atoms with Gasteiger partial charge in [0.25, 0.3) is 5.91 Å². The molecule has 3 rings (SSSR count). The van der Waals surface area contributed by atoms with Crippen LogP contribution < -0.4 is 5.32 Å². The number of amides is 1. The maximum atomic E-state index is 12.4. The van der Waals surface area contributed by atoms with Crippen LogP contribution in [0.1, 0.15) is 33.6 Å². The number of para-hydroxylation sites is 1. The quantitative estimate of drug-likeness (QED) is 0.850. The van der Waals surface area contributed by atoms with E-state index in [1.165, 1.54) is 23.3 Å². The van der Waals surface area contributed by atoms with Gasteiger partial charge in [0.2, 0.25) is 0 Å². The molecule has 98 valence electrons. The van der Waals surface area contributed by atoms with Gasteiger partial charge in [-0.2, -0.15) is 0 Å². The highest BCUT2D eigenvalue weighted by molar-refractivity contribution is 9.11. The fraction of sp³-hybridized carbons (Fsp3) is 0.267. The Morgan fingerprint density at radius 3 is 2.68 bits per heavy atom. The summed E-state index contributed by atoms with van der Waals surface area (Å²) in [4.78, 5) is 13.8. The predicted molar refractivity (Wildman–Crippen MR) is 83.1 cm³/mol. The van der Waals surface area contributed by atoms with E-state index in [0.29, 0.717) is 0 Å². The number of rotatable bonds is 2. The summed E-state index contributed by atoms with van der Waals surface area (Å²) < 4.78 is 0.966. The van der Waals surface area contributed by atoms with Crippen LogP contribution in [0, 0.1) is 0 Å². The van der Waals surface area contributed by atoms with E-state index in [1.807, 2.05) is 30.3 Å². The summed E-state index contributed by atoms with van der Waals surface area (Å²) in [5.74, 6) is -0.00234. The molecule has 1 aromatic carbocycles. The zero-order chi connectivity index (χ0) is 13.2. The van der Waals surface area contributed by atoms with Gasteiger partial charge < -0.3 is 5.32 Å². The second-order valence-corrected chi connectivity index (χ2v) is 7.10. The van der Waals surface area contributed by atoms with Crippen LogP contribution in [-0.2, 0) is 12.8 Å². The van der Waals surface area contributed by atoms with Crippen LogP contribution in [0.5, 0.6) is 0 Å². The van der Waals surface area contributed by atoms with E-state index in [1.54, 1.807) is 11.3 Å². The molecule has 0 bridgehead atoms. The number of carbonyl (C=O) groups excluding carboxylic acids is 1. The number of aryl methyl sites for hydroxylation is 1. The second-order valence-electron chi connectivity index (χ2n) is 4.68. The first-order chi connectivity index (χ1) is 9.25. The SMILES string of the molecule is O=C(Nc1ccccc1)c1c(Br)sc2c1CCCC2. The van der Waals surface area contributed by atoms with E-state index in [0.717, 1.165) is 27.9 Å². The van der Waals surface area contributed by atoms with Crippen LogP contribution in [0.4, 0.5) is 5.69 Å². The Labute approximate surface area is 125 Å². The molecule has 0 radical (unpaired) electrons. The number of anilines is 1. The maximum Gasteiger partial charge on any atom is 0.257 e. The van der Waals surface area contributed by atoms with Crippen molar-refractivity contribution in [3.8, 4) is 0 Å². The molecule has 1 N–H and O–H groups in total. The molecule has 0 atom stereocenters. The number of nitrogens with one attached hydrogen (secondary N) is 1. The van der Waals surface area contributed by atoms with Gasteiger partial charge in [0, 0.05) is 10.6 Å². The Morgan fingerprint density at radius 2 is 1.89 bits per heavy atom. The first kappa shape index (κ1) is 12.9. The number of halogens is 1. The summed E-state index contributed by atoms with van der Waals surface area (Å²) in [5.41, 5.74) is 2.93. The van der Waals surface area contributed by atoms with Gasteiger partial charge in [-0.3, -0.25) is 4.79 Å². The number of thiophene rings is 1. The molecule has 0 saturated heterocycles. The molecule has 4 heteroatoms. The minimum Gasteiger partial charge on any atom is -0.322 e. The lowest BCUT2D eigenvalue weighted by molar-refractivity contribution is 0.102. The number of hydrogen-bond donors (Lipinski definition) is 1. The van der Waals surface area contributed by atoms with Gasteiger partial charge >= 0.3 is 0 Å². The van der Waals surface area contributed by atoms with Crippen molar-refractivity contribution in [1.82, 2.24) is 0 Å². The van der Waals surface area contributed by atoms with E-state index in [9.17, 15) is 4.79 Å². The highest BCUT2D eigenvalue weighted by atomic mass is 79.9. The van der Waals surface area contributed by atoms with E-state index >= 15 is 0 Å². The average molecular weight is 336 g/mol. The molecule has 0 aliphatic heterocycles. The van der Waals surface area contributed by atoms with Crippen molar-refractivity contribution in [1.29, 1.82) is 0 Å². The van der Waals surface area contributed by atoms with E-state index in [-0.39, 0.29) is 5.91 Å². The Hall–Kier alpha value is -1.13. The number of hydrogen-bond acceptors (Lipinski definition) is 2. The molecule has 2 nitrogen and oxygen atoms in total. The Morgan fingerprint density at radius 1 is 1.16 bits per heavy atom. The van der Waals surface area contributed by atoms with Crippen molar-refractivity contribution in [2.24, 2.45) is 0 Å². The van der Waals surface area contributed by atoms with Crippen molar-refractivity contribution in [2.75, 3.05) is 5.32 Å². The second kappa shape index (κ2) is 5.47. The molecule has 1 aromatic heterocycles. The van der Waals surface area contributed by atoms with Gasteiger partial charge in [-0.25, -0.2) is 0 Å². The molecule has 0 spiro atoms. The molecule has 1 amide bonds. The average Bonchev–Trinajstić information content (AvgIpc) is 2.75. The minimum absolute atomic E-state index is 0.00234. The lowest BCUT2D eigenvalue weighted by atomic mass is 9.95. The van der Waals surface area contributed by atoms with Crippen LogP contribution in [0.3, 0.4) is 0 Å². The third-order valence-corrected chi connectivity index (χ3v) is 5.35. The first-order valence-corrected chi connectivity index (χ1v) is 8.03. The summed E-state index contributed by atoms with van der Waals surface area (Å²) in [6, 6.07) is 9.61. The van der Waals surface area contributed by atoms with E-state index < -0.39 is 0 Å². The van der Waals surface area contributed by atoms with Crippen molar-refractivity contribution in [3.63, 3.8) is 0 Å². The standard InChI is InChI=1S/C15H14BrNOS/c16-14-13(11-8-4-5-9-12(11)19-14)15(18)17-10-6-2-1-3-7-10/h1-3,6-7H,4-5,8-9H2,(H,17,18). The molecule has 0 saturated carbocycles. The van der Waals surface area contributed by atoms with Crippen LogP contribution in [-0.4, -0.2) is 5.91 Å². The fourth-order valence-corrected chi connectivity index (χ4v) is 4.59. The van der Waals surface area contributed by atoms with Crippen LogP contribution in [0.15, 0.2) is 34.1 Å². The van der Waals surface area contributed by atoms with E-state index in [4.69, 9.17) is 0 Å². The molecule has 19 heavy (non-hydrogen) atoms. The molecule has 1 aliphatic carbocycles. The number of benzene rings is 1. The smallest absolute Gasteiger partial charge is 0.257 e. The van der Waals surface area contributed by atoms with Crippen LogP contribution in [0.25, 0.3) is 0 Å². The molecule has 1 heterocycles. The summed E-state index contributed by atoms with van der Waals surface area (Å²) in [6.07, 6.45) is 4.55. The third-order valence-electron chi connectivity index (χ3n) is 3.39.